The van der Waals surface area contributed by atoms with E-state index in [1.165, 1.54) is 12.1 Å². The van der Waals surface area contributed by atoms with E-state index in [2.05, 4.69) is 4.98 Å². The SMILES string of the molecule is CN(c1ccc([N+](=O)[O-])cc1)c1ncccc1CC=O. The second-order valence-electron chi connectivity index (χ2n) is 4.19. The Kier molecular flexibility index (Phi) is 4.05. The molecule has 1 heterocycles. The largest absolute Gasteiger partial charge is 0.329 e. The van der Waals surface area contributed by atoms with Crippen molar-refractivity contribution in [2.45, 2.75) is 6.42 Å². The Morgan fingerprint density at radius 1 is 1.30 bits per heavy atom. The Hall–Kier alpha value is -2.76. The Labute approximate surface area is 115 Å². The fraction of sp³-hybridized carbons (Fsp3) is 0.143. The fourth-order valence-corrected chi connectivity index (χ4v) is 1.90. The van der Waals surface area contributed by atoms with Crippen molar-refractivity contribution in [3.8, 4) is 0 Å². The van der Waals surface area contributed by atoms with Crippen LogP contribution in [0, 0.1) is 10.1 Å². The minimum Gasteiger partial charge on any atom is -0.329 e. The highest BCUT2D eigenvalue weighted by atomic mass is 16.6. The number of anilines is 2. The molecule has 0 bridgehead atoms. The maximum absolute atomic E-state index is 10.7. The van der Waals surface area contributed by atoms with Gasteiger partial charge in [0.15, 0.2) is 0 Å². The zero-order valence-corrected chi connectivity index (χ0v) is 10.9. The highest BCUT2D eigenvalue weighted by molar-refractivity contribution is 5.67. The molecular formula is C14H13N3O3. The van der Waals surface area contributed by atoms with Crippen molar-refractivity contribution in [1.82, 2.24) is 4.98 Å². The molecule has 0 amide bonds. The molecule has 0 aliphatic carbocycles. The molecule has 102 valence electrons. The molecule has 0 aliphatic heterocycles. The first kappa shape index (κ1) is 13.7. The van der Waals surface area contributed by atoms with Gasteiger partial charge >= 0.3 is 0 Å². The number of nitrogens with zero attached hydrogens (tertiary/aromatic N) is 3. The summed E-state index contributed by atoms with van der Waals surface area (Å²) in [5.41, 5.74) is 1.61. The van der Waals surface area contributed by atoms with Crippen LogP contribution in [0.2, 0.25) is 0 Å². The van der Waals surface area contributed by atoms with Gasteiger partial charge in [-0.05, 0) is 18.2 Å². The highest BCUT2D eigenvalue weighted by Gasteiger charge is 2.12. The quantitative estimate of drug-likeness (QED) is 0.474. The summed E-state index contributed by atoms with van der Waals surface area (Å²) < 4.78 is 0. The van der Waals surface area contributed by atoms with Gasteiger partial charge in [0.1, 0.15) is 12.1 Å². The number of nitro benzene ring substituents is 1. The molecule has 6 nitrogen and oxygen atoms in total. The van der Waals surface area contributed by atoms with Crippen molar-refractivity contribution >= 4 is 23.5 Å². The first-order chi connectivity index (χ1) is 9.63. The molecule has 20 heavy (non-hydrogen) atoms. The summed E-state index contributed by atoms with van der Waals surface area (Å²) >= 11 is 0. The van der Waals surface area contributed by atoms with Crippen LogP contribution in [0.4, 0.5) is 17.2 Å². The van der Waals surface area contributed by atoms with E-state index in [0.29, 0.717) is 5.82 Å². The first-order valence-corrected chi connectivity index (χ1v) is 5.99. The van der Waals surface area contributed by atoms with Crippen LogP contribution in [-0.4, -0.2) is 23.2 Å². The van der Waals surface area contributed by atoms with E-state index >= 15 is 0 Å². The lowest BCUT2D eigenvalue weighted by molar-refractivity contribution is -0.384. The van der Waals surface area contributed by atoms with Crippen molar-refractivity contribution in [1.29, 1.82) is 0 Å². The summed E-state index contributed by atoms with van der Waals surface area (Å²) in [6.07, 6.45) is 2.75. The number of carbonyl (C=O) groups excluding carboxylic acids is 1. The van der Waals surface area contributed by atoms with Gasteiger partial charge in [0.05, 0.1) is 4.92 Å². The fourth-order valence-electron chi connectivity index (χ4n) is 1.90. The van der Waals surface area contributed by atoms with E-state index in [1.807, 2.05) is 6.07 Å². The Morgan fingerprint density at radius 2 is 2.00 bits per heavy atom. The Balaban J connectivity index is 2.33. The molecule has 0 radical (unpaired) electrons. The molecule has 1 aromatic carbocycles. The van der Waals surface area contributed by atoms with E-state index in [9.17, 15) is 14.9 Å². The molecule has 0 unspecified atom stereocenters. The maximum atomic E-state index is 10.7. The molecule has 2 rings (SSSR count). The number of hydrogen-bond acceptors (Lipinski definition) is 5. The van der Waals surface area contributed by atoms with Crippen LogP contribution in [0.3, 0.4) is 0 Å². The molecule has 0 N–H and O–H groups in total. The summed E-state index contributed by atoms with van der Waals surface area (Å²) in [5.74, 6) is 0.661. The number of hydrogen-bond donors (Lipinski definition) is 0. The number of rotatable bonds is 5. The summed E-state index contributed by atoms with van der Waals surface area (Å²) in [7, 11) is 1.80. The third-order valence-electron chi connectivity index (χ3n) is 2.94. The van der Waals surface area contributed by atoms with Crippen molar-refractivity contribution in [3.63, 3.8) is 0 Å². The van der Waals surface area contributed by atoms with Gasteiger partial charge in [-0.3, -0.25) is 10.1 Å². The van der Waals surface area contributed by atoms with Gasteiger partial charge < -0.3 is 9.69 Å². The van der Waals surface area contributed by atoms with Crippen LogP contribution in [0.15, 0.2) is 42.6 Å². The van der Waals surface area contributed by atoms with Crippen molar-refractivity contribution in [2.75, 3.05) is 11.9 Å². The van der Waals surface area contributed by atoms with Gasteiger partial charge in [-0.2, -0.15) is 0 Å². The maximum Gasteiger partial charge on any atom is 0.269 e. The first-order valence-electron chi connectivity index (χ1n) is 5.99. The monoisotopic (exact) mass is 271 g/mol. The van der Waals surface area contributed by atoms with Gasteiger partial charge in [0.25, 0.3) is 5.69 Å². The second kappa shape index (κ2) is 5.92. The second-order valence-corrected chi connectivity index (χ2v) is 4.19. The van der Waals surface area contributed by atoms with Crippen LogP contribution in [0.25, 0.3) is 0 Å². The van der Waals surface area contributed by atoms with Gasteiger partial charge in [-0.25, -0.2) is 4.98 Å². The average molecular weight is 271 g/mol. The normalized spacial score (nSPS) is 10.1. The van der Waals surface area contributed by atoms with Gasteiger partial charge in [0.2, 0.25) is 0 Å². The van der Waals surface area contributed by atoms with E-state index in [1.54, 1.807) is 36.3 Å². The highest BCUT2D eigenvalue weighted by Crippen LogP contribution is 2.26. The van der Waals surface area contributed by atoms with Gasteiger partial charge in [0, 0.05) is 43.0 Å². The van der Waals surface area contributed by atoms with E-state index in [4.69, 9.17) is 0 Å². The van der Waals surface area contributed by atoms with E-state index in [-0.39, 0.29) is 12.1 Å². The van der Waals surface area contributed by atoms with Crippen molar-refractivity contribution in [2.24, 2.45) is 0 Å². The van der Waals surface area contributed by atoms with Gasteiger partial charge in [-0.1, -0.05) is 6.07 Å². The summed E-state index contributed by atoms with van der Waals surface area (Å²) in [4.78, 5) is 26.9. The van der Waals surface area contributed by atoms with E-state index < -0.39 is 4.92 Å². The molecule has 0 fully saturated rings. The molecule has 0 atom stereocenters. The van der Waals surface area contributed by atoms with Crippen LogP contribution in [0.1, 0.15) is 5.56 Å². The molecule has 2 aromatic rings. The predicted octanol–water partition coefficient (Wildman–Crippen LogP) is 2.50. The van der Waals surface area contributed by atoms with E-state index in [0.717, 1.165) is 17.5 Å². The molecule has 1 aromatic heterocycles. The summed E-state index contributed by atoms with van der Waals surface area (Å²) in [6, 6.07) is 9.78. The van der Waals surface area contributed by atoms with Crippen LogP contribution in [-0.2, 0) is 11.2 Å². The Morgan fingerprint density at radius 3 is 2.60 bits per heavy atom. The number of pyridine rings is 1. The third-order valence-corrected chi connectivity index (χ3v) is 2.94. The molecule has 0 aliphatic rings. The number of non-ortho nitro benzene ring substituents is 1. The van der Waals surface area contributed by atoms with Gasteiger partial charge in [-0.15, -0.1) is 0 Å². The van der Waals surface area contributed by atoms with Crippen LogP contribution >= 0.6 is 0 Å². The van der Waals surface area contributed by atoms with Crippen LogP contribution in [0.5, 0.6) is 0 Å². The lowest BCUT2D eigenvalue weighted by Gasteiger charge is -2.20. The summed E-state index contributed by atoms with van der Waals surface area (Å²) in [6.45, 7) is 0. The molecule has 0 spiro atoms. The van der Waals surface area contributed by atoms with Crippen molar-refractivity contribution < 1.29 is 9.72 Å². The summed E-state index contributed by atoms with van der Waals surface area (Å²) in [5, 5.41) is 10.6. The topological polar surface area (TPSA) is 76.3 Å². The lowest BCUT2D eigenvalue weighted by atomic mass is 10.2. The average Bonchev–Trinajstić information content (AvgIpc) is 2.47. The Bertz CT molecular complexity index is 626. The molecular weight excluding hydrogens is 258 g/mol. The van der Waals surface area contributed by atoms with Crippen molar-refractivity contribution in [3.05, 3.63) is 58.3 Å². The predicted molar refractivity (Wildman–Crippen MR) is 75.2 cm³/mol. The molecule has 0 saturated carbocycles. The number of carbonyl (C=O) groups is 1. The smallest absolute Gasteiger partial charge is 0.269 e. The zero-order chi connectivity index (χ0) is 14.5. The number of aldehydes is 1. The number of benzene rings is 1. The van der Waals surface area contributed by atoms with Crippen LogP contribution < -0.4 is 4.90 Å². The molecule has 6 heteroatoms. The zero-order valence-electron chi connectivity index (χ0n) is 10.9. The number of aromatic nitrogens is 1. The minimum atomic E-state index is -0.442. The number of nitro groups is 1. The molecule has 0 saturated heterocycles. The third kappa shape index (κ3) is 2.80. The minimum absolute atomic E-state index is 0.0382. The lowest BCUT2D eigenvalue weighted by Crippen LogP contribution is -2.13. The standard InChI is InChI=1S/C14H13N3O3/c1-16(12-4-6-13(7-5-12)17(19)20)14-11(8-10-18)3-2-9-15-14/h2-7,9-10H,8H2,1H3.